The van der Waals surface area contributed by atoms with E-state index in [1.807, 2.05) is 6.08 Å². The fourth-order valence-corrected chi connectivity index (χ4v) is 7.34. The molecule has 1 heteroatoms. The minimum absolute atomic E-state index is 0.131. The van der Waals surface area contributed by atoms with Crippen LogP contribution in [-0.4, -0.2) is 0 Å². The van der Waals surface area contributed by atoms with Gasteiger partial charge in [0.1, 0.15) is 0 Å². The summed E-state index contributed by atoms with van der Waals surface area (Å²) in [6.07, 6.45) is 19.5. The third kappa shape index (κ3) is 4.39. The van der Waals surface area contributed by atoms with Crippen molar-refractivity contribution in [3.63, 3.8) is 0 Å². The van der Waals surface area contributed by atoms with Gasteiger partial charge in [-0.1, -0.05) is 108 Å². The van der Waals surface area contributed by atoms with Crippen LogP contribution in [0, 0.1) is 0 Å². The summed E-state index contributed by atoms with van der Waals surface area (Å²) in [6, 6.07) is 19.4. The van der Waals surface area contributed by atoms with E-state index in [4.69, 9.17) is 0 Å². The first-order valence-electron chi connectivity index (χ1n) is 15.2. The molecule has 0 saturated heterocycles. The van der Waals surface area contributed by atoms with Gasteiger partial charge in [-0.3, -0.25) is 0 Å². The molecule has 3 aromatic rings. The molecule has 2 aromatic carbocycles. The van der Waals surface area contributed by atoms with Gasteiger partial charge >= 0.3 is 0 Å². The minimum atomic E-state index is 0.131. The van der Waals surface area contributed by atoms with Crippen LogP contribution in [0.1, 0.15) is 126 Å². The normalized spacial score (nSPS) is 16.4. The molecular formula is C37H46N+. The third-order valence-electron chi connectivity index (χ3n) is 9.25. The predicted molar refractivity (Wildman–Crippen MR) is 164 cm³/mol. The zero-order valence-corrected chi connectivity index (χ0v) is 24.2. The van der Waals surface area contributed by atoms with Gasteiger partial charge in [0, 0.05) is 35.6 Å². The van der Waals surface area contributed by atoms with E-state index in [0.717, 1.165) is 0 Å². The SMILES string of the molecule is C=Cc1ccc2[n+](c1/C=C\C)[C@H](C)c1cc3c(cc1-2)C(CCCCCC)(CCCCCC)c1ccccc1-3. The fourth-order valence-electron chi connectivity index (χ4n) is 7.34. The Balaban J connectivity index is 1.68. The summed E-state index contributed by atoms with van der Waals surface area (Å²) >= 11 is 0. The summed E-state index contributed by atoms with van der Waals surface area (Å²) < 4.78 is 2.53. The Hall–Kier alpha value is -2.93. The Labute approximate surface area is 231 Å². The maximum Gasteiger partial charge on any atom is 0.214 e. The second-order valence-corrected chi connectivity index (χ2v) is 11.5. The second kappa shape index (κ2) is 11.4. The fraction of sp³-hybridized carbons (Fsp3) is 0.432. The number of unbranched alkanes of at least 4 members (excludes halogenated alkanes) is 6. The highest BCUT2D eigenvalue weighted by Gasteiger charge is 2.45. The number of benzene rings is 2. The van der Waals surface area contributed by atoms with Crippen molar-refractivity contribution in [2.45, 2.75) is 103 Å². The van der Waals surface area contributed by atoms with Crippen LogP contribution in [-0.2, 0) is 5.41 Å². The molecule has 2 heterocycles. The molecular weight excluding hydrogens is 458 g/mol. The summed E-state index contributed by atoms with van der Waals surface area (Å²) in [5, 5.41) is 0. The largest absolute Gasteiger partial charge is 0.214 e. The summed E-state index contributed by atoms with van der Waals surface area (Å²) in [5.74, 6) is 0. The maximum absolute atomic E-state index is 4.10. The number of allylic oxidation sites excluding steroid dienone is 1. The van der Waals surface area contributed by atoms with E-state index in [9.17, 15) is 0 Å². The first kappa shape index (κ1) is 26.7. The second-order valence-electron chi connectivity index (χ2n) is 11.5. The van der Waals surface area contributed by atoms with Crippen molar-refractivity contribution >= 4 is 12.2 Å². The van der Waals surface area contributed by atoms with Crippen molar-refractivity contribution in [2.75, 3.05) is 0 Å². The van der Waals surface area contributed by atoms with Gasteiger partial charge < -0.3 is 0 Å². The van der Waals surface area contributed by atoms with E-state index in [0.29, 0.717) is 6.04 Å². The number of aromatic nitrogens is 1. The van der Waals surface area contributed by atoms with Crippen LogP contribution in [0.5, 0.6) is 0 Å². The van der Waals surface area contributed by atoms with Gasteiger partial charge in [0.25, 0.3) is 0 Å². The van der Waals surface area contributed by atoms with Crippen molar-refractivity contribution in [1.29, 1.82) is 0 Å². The topological polar surface area (TPSA) is 3.88 Å². The van der Waals surface area contributed by atoms with Gasteiger partial charge in [0.15, 0.2) is 6.04 Å². The van der Waals surface area contributed by atoms with E-state index >= 15 is 0 Å². The van der Waals surface area contributed by atoms with Crippen molar-refractivity contribution in [1.82, 2.24) is 0 Å². The number of pyridine rings is 1. The average molecular weight is 505 g/mol. The van der Waals surface area contributed by atoms with E-state index in [-0.39, 0.29) is 5.41 Å². The molecule has 1 aliphatic heterocycles. The Bertz CT molecular complexity index is 1330. The lowest BCUT2D eigenvalue weighted by Crippen LogP contribution is -2.40. The first-order valence-corrected chi connectivity index (χ1v) is 15.2. The standard InChI is InChI=1S/C37H46N/c1-6-10-12-16-23-37(24-17-13-11-7-2)33-20-15-14-19-29(33)31-25-30-27(5)38-35(18-8-3)28(9-4)21-22-36(38)32(30)26-34(31)37/h8-9,14-15,18-22,25-27H,4,6-7,10-13,16-17,23-24H2,1-3,5H3/q+1/b18-8-/t27-/m1/s1. The Morgan fingerprint density at radius 2 is 1.53 bits per heavy atom. The van der Waals surface area contributed by atoms with Crippen LogP contribution in [0.25, 0.3) is 34.5 Å². The highest BCUT2D eigenvalue weighted by atomic mass is 15.0. The van der Waals surface area contributed by atoms with E-state index < -0.39 is 0 Å². The lowest BCUT2D eigenvalue weighted by atomic mass is 9.70. The van der Waals surface area contributed by atoms with E-state index in [2.05, 4.69) is 99.5 Å². The van der Waals surface area contributed by atoms with Crippen molar-refractivity contribution in [2.24, 2.45) is 0 Å². The molecule has 1 nitrogen and oxygen atoms in total. The maximum atomic E-state index is 4.10. The molecule has 0 unspecified atom stereocenters. The Morgan fingerprint density at radius 3 is 2.18 bits per heavy atom. The number of nitrogens with zero attached hydrogens (tertiary/aromatic N) is 1. The van der Waals surface area contributed by atoms with Crippen LogP contribution in [0.15, 0.2) is 61.2 Å². The quantitative estimate of drug-likeness (QED) is 0.171. The summed E-state index contributed by atoms with van der Waals surface area (Å²) in [6.45, 7) is 13.2. The number of hydrogen-bond acceptors (Lipinski definition) is 0. The number of rotatable bonds is 12. The van der Waals surface area contributed by atoms with E-state index in [1.165, 1.54) is 103 Å². The first-order chi connectivity index (χ1) is 18.6. The lowest BCUT2D eigenvalue weighted by Gasteiger charge is -2.33. The molecule has 38 heavy (non-hydrogen) atoms. The number of fused-ring (bicyclic) bond motifs is 6. The van der Waals surface area contributed by atoms with Gasteiger partial charge in [-0.2, -0.15) is 4.57 Å². The molecule has 198 valence electrons. The van der Waals surface area contributed by atoms with Crippen molar-refractivity contribution in [3.8, 4) is 22.4 Å². The van der Waals surface area contributed by atoms with Crippen LogP contribution < -0.4 is 4.57 Å². The smallest absolute Gasteiger partial charge is 0.184 e. The molecule has 0 amide bonds. The molecule has 2 aliphatic rings. The summed E-state index contributed by atoms with van der Waals surface area (Å²) in [7, 11) is 0. The monoisotopic (exact) mass is 504 g/mol. The molecule has 0 fully saturated rings. The Morgan fingerprint density at radius 1 is 0.816 bits per heavy atom. The third-order valence-corrected chi connectivity index (χ3v) is 9.25. The van der Waals surface area contributed by atoms with Gasteiger partial charge in [-0.15, -0.1) is 0 Å². The van der Waals surface area contributed by atoms with Crippen molar-refractivity contribution < 1.29 is 4.57 Å². The molecule has 5 rings (SSSR count). The van der Waals surface area contributed by atoms with Crippen LogP contribution in [0.3, 0.4) is 0 Å². The van der Waals surface area contributed by atoms with Gasteiger partial charge in [0.2, 0.25) is 11.4 Å². The molecule has 1 aromatic heterocycles. The average Bonchev–Trinajstić information content (AvgIpc) is 3.38. The zero-order chi connectivity index (χ0) is 26.7. The van der Waals surface area contributed by atoms with Crippen LogP contribution >= 0.6 is 0 Å². The van der Waals surface area contributed by atoms with Gasteiger partial charge in [-0.25, -0.2) is 0 Å². The number of hydrogen-bond donors (Lipinski definition) is 0. The minimum Gasteiger partial charge on any atom is -0.184 e. The lowest BCUT2D eigenvalue weighted by molar-refractivity contribution is -0.696. The van der Waals surface area contributed by atoms with Crippen LogP contribution in [0.4, 0.5) is 0 Å². The molecule has 0 N–H and O–H groups in total. The summed E-state index contributed by atoms with van der Waals surface area (Å²) in [4.78, 5) is 0. The molecule has 1 aliphatic carbocycles. The highest BCUT2D eigenvalue weighted by molar-refractivity contribution is 5.85. The molecule has 0 saturated carbocycles. The predicted octanol–water partition coefficient (Wildman–Crippen LogP) is 10.4. The molecule has 0 radical (unpaired) electrons. The molecule has 1 atom stereocenters. The highest BCUT2D eigenvalue weighted by Crippen LogP contribution is 2.56. The zero-order valence-electron chi connectivity index (χ0n) is 24.2. The molecule has 0 spiro atoms. The Kier molecular flexibility index (Phi) is 8.03. The molecule has 0 bridgehead atoms. The van der Waals surface area contributed by atoms with Gasteiger partial charge in [-0.05, 0) is 60.2 Å². The van der Waals surface area contributed by atoms with E-state index in [1.54, 1.807) is 11.1 Å². The van der Waals surface area contributed by atoms with Crippen LogP contribution in [0.2, 0.25) is 0 Å². The van der Waals surface area contributed by atoms with Crippen molar-refractivity contribution in [3.05, 3.63) is 89.1 Å². The van der Waals surface area contributed by atoms with Gasteiger partial charge in [0.05, 0.1) is 5.56 Å². The summed E-state index contributed by atoms with van der Waals surface area (Å²) in [5.41, 5.74) is 13.0.